The van der Waals surface area contributed by atoms with Crippen LogP contribution >= 0.6 is 0 Å². The number of aliphatic hydroxyl groups is 5. The van der Waals surface area contributed by atoms with Gasteiger partial charge in [-0.2, -0.15) is 0 Å². The van der Waals surface area contributed by atoms with E-state index in [9.17, 15) is 30.3 Å². The minimum absolute atomic E-state index is 0.175. The van der Waals surface area contributed by atoms with E-state index in [1.54, 1.807) is 6.08 Å². The van der Waals surface area contributed by atoms with Gasteiger partial charge in [0, 0.05) is 6.42 Å². The standard InChI is InChI=1S/C43H83NO8/c1-3-5-7-9-11-13-15-17-19-21-23-25-27-29-31-33-39(47)44-36(35-51-43-42(50)41(49)40(48)38(34-45)52-43)37(46)32-30-28-26-24-22-20-18-16-14-12-10-8-6-4-2/h30,32,36-38,40-43,45-46,48-50H,3-29,31,33-35H2,1-2H3,(H,44,47)/b32-30+/t36-,37+,38+,40-,41-,42+,43+/m0/s1. The zero-order chi connectivity index (χ0) is 38.1. The van der Waals surface area contributed by atoms with E-state index >= 15 is 0 Å². The lowest BCUT2D eigenvalue weighted by molar-refractivity contribution is -0.302. The van der Waals surface area contributed by atoms with Crippen LogP contribution in [0.4, 0.5) is 0 Å². The molecule has 0 radical (unpaired) electrons. The topological polar surface area (TPSA) is 149 Å². The maximum Gasteiger partial charge on any atom is 0.220 e. The molecule has 9 heteroatoms. The van der Waals surface area contributed by atoms with Crippen LogP contribution in [-0.2, 0) is 14.3 Å². The number of unbranched alkanes of at least 4 members (excludes halogenated alkanes) is 26. The van der Waals surface area contributed by atoms with Crippen molar-refractivity contribution in [3.63, 3.8) is 0 Å². The minimum Gasteiger partial charge on any atom is -0.394 e. The molecule has 0 aromatic heterocycles. The smallest absolute Gasteiger partial charge is 0.220 e. The van der Waals surface area contributed by atoms with E-state index in [2.05, 4.69) is 19.2 Å². The first kappa shape index (κ1) is 48.9. The quantitative estimate of drug-likeness (QED) is 0.0277. The van der Waals surface area contributed by atoms with Gasteiger partial charge in [-0.25, -0.2) is 0 Å². The summed E-state index contributed by atoms with van der Waals surface area (Å²) in [4.78, 5) is 12.9. The Balaban J connectivity index is 2.38. The Morgan fingerprint density at radius 2 is 1.06 bits per heavy atom. The molecule has 1 heterocycles. The predicted molar refractivity (Wildman–Crippen MR) is 212 cm³/mol. The first-order valence-electron chi connectivity index (χ1n) is 21.9. The molecule has 1 aliphatic rings. The van der Waals surface area contributed by atoms with Gasteiger partial charge in [0.2, 0.25) is 5.91 Å². The van der Waals surface area contributed by atoms with Crippen molar-refractivity contribution in [1.82, 2.24) is 5.32 Å². The fourth-order valence-electron chi connectivity index (χ4n) is 7.04. The average molecular weight is 742 g/mol. The molecular formula is C43H83NO8. The Morgan fingerprint density at radius 1 is 0.635 bits per heavy atom. The van der Waals surface area contributed by atoms with Gasteiger partial charge in [0.1, 0.15) is 24.4 Å². The van der Waals surface area contributed by atoms with Crippen molar-refractivity contribution < 1.29 is 39.8 Å². The number of carbonyl (C=O) groups is 1. The number of amides is 1. The molecule has 308 valence electrons. The second kappa shape index (κ2) is 34.4. The molecule has 9 nitrogen and oxygen atoms in total. The summed E-state index contributed by atoms with van der Waals surface area (Å²) in [5, 5.41) is 54.1. The van der Waals surface area contributed by atoms with Crippen LogP contribution in [0.15, 0.2) is 12.2 Å². The SMILES string of the molecule is CCCCCCCCCCCCCC/C=C/[C@@H](O)[C@H](CO[C@@H]1O[C@H](CO)[C@H](O)[C@H](O)[C@H]1O)NC(=O)CCCCCCCCCCCCCCCCC. The largest absolute Gasteiger partial charge is 0.394 e. The summed E-state index contributed by atoms with van der Waals surface area (Å²) in [5.41, 5.74) is 0. The van der Waals surface area contributed by atoms with Crippen molar-refractivity contribution >= 4 is 5.91 Å². The van der Waals surface area contributed by atoms with Crippen LogP contribution in [0.25, 0.3) is 0 Å². The highest BCUT2D eigenvalue weighted by atomic mass is 16.7. The molecule has 1 saturated heterocycles. The van der Waals surface area contributed by atoms with Crippen LogP contribution in [0, 0.1) is 0 Å². The molecule has 1 fully saturated rings. The molecule has 52 heavy (non-hydrogen) atoms. The van der Waals surface area contributed by atoms with Gasteiger partial charge >= 0.3 is 0 Å². The number of ether oxygens (including phenoxy) is 2. The summed E-state index contributed by atoms with van der Waals surface area (Å²) in [6.07, 6.45) is 31.0. The van der Waals surface area contributed by atoms with E-state index < -0.39 is 49.5 Å². The first-order chi connectivity index (χ1) is 25.3. The van der Waals surface area contributed by atoms with Gasteiger partial charge in [0.05, 0.1) is 25.4 Å². The third kappa shape index (κ3) is 25.1. The molecule has 0 aromatic carbocycles. The molecule has 1 rings (SSSR count). The lowest BCUT2D eigenvalue weighted by Crippen LogP contribution is -2.60. The summed E-state index contributed by atoms with van der Waals surface area (Å²) in [5.74, 6) is -0.175. The predicted octanol–water partition coefficient (Wildman–Crippen LogP) is 8.56. The van der Waals surface area contributed by atoms with Crippen LogP contribution in [0.1, 0.15) is 200 Å². The third-order valence-corrected chi connectivity index (χ3v) is 10.6. The highest BCUT2D eigenvalue weighted by Crippen LogP contribution is 2.22. The van der Waals surface area contributed by atoms with Crippen molar-refractivity contribution in [3.8, 4) is 0 Å². The van der Waals surface area contributed by atoms with Crippen LogP contribution < -0.4 is 5.32 Å². The number of hydrogen-bond donors (Lipinski definition) is 6. The monoisotopic (exact) mass is 742 g/mol. The van der Waals surface area contributed by atoms with E-state index in [1.807, 2.05) is 6.08 Å². The molecule has 0 aliphatic carbocycles. The van der Waals surface area contributed by atoms with Crippen LogP contribution in [0.2, 0.25) is 0 Å². The molecule has 7 atom stereocenters. The molecule has 0 unspecified atom stereocenters. The highest BCUT2D eigenvalue weighted by molar-refractivity contribution is 5.76. The molecular weight excluding hydrogens is 658 g/mol. The van der Waals surface area contributed by atoms with Crippen LogP contribution in [0.5, 0.6) is 0 Å². The van der Waals surface area contributed by atoms with Crippen molar-refractivity contribution in [2.45, 2.75) is 243 Å². The minimum atomic E-state index is -1.56. The van der Waals surface area contributed by atoms with E-state index in [0.717, 1.165) is 38.5 Å². The van der Waals surface area contributed by atoms with Gasteiger partial charge in [0.15, 0.2) is 6.29 Å². The molecule has 1 aliphatic heterocycles. The highest BCUT2D eigenvalue weighted by Gasteiger charge is 2.44. The second-order valence-corrected chi connectivity index (χ2v) is 15.5. The summed E-state index contributed by atoms with van der Waals surface area (Å²) in [7, 11) is 0. The van der Waals surface area contributed by atoms with Crippen LogP contribution in [-0.4, -0.2) is 87.5 Å². The maximum absolute atomic E-state index is 12.9. The zero-order valence-corrected chi connectivity index (χ0v) is 33.6. The number of rotatable bonds is 36. The number of hydrogen-bond acceptors (Lipinski definition) is 8. The van der Waals surface area contributed by atoms with E-state index in [1.165, 1.54) is 141 Å². The Kier molecular flexibility index (Phi) is 32.4. The van der Waals surface area contributed by atoms with Crippen molar-refractivity contribution in [1.29, 1.82) is 0 Å². The summed E-state index contributed by atoms with van der Waals surface area (Å²) < 4.78 is 11.2. The van der Waals surface area contributed by atoms with Gasteiger partial charge in [-0.3, -0.25) is 4.79 Å². The van der Waals surface area contributed by atoms with Gasteiger partial charge in [0.25, 0.3) is 0 Å². The van der Waals surface area contributed by atoms with Gasteiger partial charge in [-0.1, -0.05) is 187 Å². The lowest BCUT2D eigenvalue weighted by atomic mass is 9.99. The van der Waals surface area contributed by atoms with Crippen molar-refractivity contribution in [3.05, 3.63) is 12.2 Å². The number of carbonyl (C=O) groups excluding carboxylic acids is 1. The van der Waals surface area contributed by atoms with Gasteiger partial charge in [-0.15, -0.1) is 0 Å². The van der Waals surface area contributed by atoms with Crippen LogP contribution in [0.3, 0.4) is 0 Å². The Bertz CT molecular complexity index is 827. The molecule has 0 aromatic rings. The van der Waals surface area contributed by atoms with E-state index in [4.69, 9.17) is 9.47 Å². The number of allylic oxidation sites excluding steroid dienone is 1. The number of aliphatic hydroxyl groups excluding tert-OH is 5. The first-order valence-corrected chi connectivity index (χ1v) is 21.9. The zero-order valence-electron chi connectivity index (χ0n) is 33.6. The molecule has 0 bridgehead atoms. The summed E-state index contributed by atoms with van der Waals surface area (Å²) in [6.45, 7) is 3.77. The fourth-order valence-corrected chi connectivity index (χ4v) is 7.04. The summed E-state index contributed by atoms with van der Waals surface area (Å²) >= 11 is 0. The molecule has 0 saturated carbocycles. The third-order valence-electron chi connectivity index (χ3n) is 10.6. The Hall–Kier alpha value is -1.07. The van der Waals surface area contributed by atoms with Gasteiger partial charge in [-0.05, 0) is 19.3 Å². The Labute approximate surface area is 318 Å². The van der Waals surface area contributed by atoms with Crippen molar-refractivity contribution in [2.24, 2.45) is 0 Å². The summed E-state index contributed by atoms with van der Waals surface area (Å²) in [6, 6.07) is -0.797. The molecule has 0 spiro atoms. The normalized spacial score (nSPS) is 21.9. The van der Waals surface area contributed by atoms with Crippen molar-refractivity contribution in [2.75, 3.05) is 13.2 Å². The fraction of sp³-hybridized carbons (Fsp3) is 0.930. The molecule has 6 N–H and O–H groups in total. The number of nitrogens with one attached hydrogen (secondary N) is 1. The second-order valence-electron chi connectivity index (χ2n) is 15.5. The Morgan fingerprint density at radius 3 is 1.50 bits per heavy atom. The maximum atomic E-state index is 12.9. The average Bonchev–Trinajstić information content (AvgIpc) is 3.14. The van der Waals surface area contributed by atoms with E-state index in [-0.39, 0.29) is 12.5 Å². The lowest BCUT2D eigenvalue weighted by Gasteiger charge is -2.40. The van der Waals surface area contributed by atoms with E-state index in [0.29, 0.717) is 6.42 Å². The van der Waals surface area contributed by atoms with Gasteiger partial charge < -0.3 is 40.3 Å². The molecule has 1 amide bonds.